The third kappa shape index (κ3) is 20.5. The second kappa shape index (κ2) is 45.1. The molecule has 20 aromatic rings. The second-order valence-corrected chi connectivity index (χ2v) is 39.1. The Hall–Kier alpha value is -13.7. The number of nitrogens with zero attached hydrogens (tertiary/aromatic N) is 10. The fourth-order valence-electron chi connectivity index (χ4n) is 21.6. The summed E-state index contributed by atoms with van der Waals surface area (Å²) in [6.07, 6.45) is 22.9. The summed E-state index contributed by atoms with van der Waals surface area (Å²) in [6, 6.07) is 133. The van der Waals surface area contributed by atoms with E-state index in [2.05, 4.69) is 267 Å². The monoisotopic (exact) mass is 2600 g/mol. The molecule has 0 saturated carbocycles. The Morgan fingerprint density at radius 2 is 0.500 bits per heavy atom. The van der Waals surface area contributed by atoms with Crippen molar-refractivity contribution in [2.75, 3.05) is 0 Å². The maximum absolute atomic E-state index is 4.92. The molecule has 146 heavy (non-hydrogen) atoms. The van der Waals surface area contributed by atoms with Gasteiger partial charge < -0.3 is 39.9 Å². The third-order valence-corrected chi connectivity index (χ3v) is 29.9. The van der Waals surface area contributed by atoms with Crippen molar-refractivity contribution in [1.82, 2.24) is 49.8 Å². The zero-order valence-corrected chi connectivity index (χ0v) is 92.7. The average Bonchev–Trinajstić information content (AvgIpc) is 1.49. The summed E-state index contributed by atoms with van der Waals surface area (Å²) in [7, 11) is 0. The van der Waals surface area contributed by atoms with Crippen molar-refractivity contribution in [3.05, 3.63) is 514 Å². The molecule has 0 unspecified atom stereocenters. The number of aromatic nitrogens is 10. The molecule has 0 aliphatic heterocycles. The molecule has 0 amide bonds. The first-order valence-electron chi connectivity index (χ1n) is 49.1. The first-order valence-corrected chi connectivity index (χ1v) is 49.1. The van der Waals surface area contributed by atoms with Gasteiger partial charge in [-0.25, -0.2) is 0 Å². The van der Waals surface area contributed by atoms with Crippen LogP contribution >= 0.6 is 0 Å². The van der Waals surface area contributed by atoms with Crippen LogP contribution in [0.1, 0.15) is 156 Å². The summed E-state index contributed by atoms with van der Waals surface area (Å²) < 4.78 is 0. The van der Waals surface area contributed by atoms with Gasteiger partial charge in [-0.2, -0.15) is 0 Å². The van der Waals surface area contributed by atoms with E-state index in [1.54, 1.807) is 24.8 Å². The predicted octanol–water partition coefficient (Wildman–Crippen LogP) is 29.4. The molecular weight excluding hydrogens is 2490 g/mol. The van der Waals surface area contributed by atoms with E-state index >= 15 is 0 Å². The van der Waals surface area contributed by atoms with Crippen molar-refractivity contribution in [2.45, 2.75) is 142 Å². The van der Waals surface area contributed by atoms with Crippen molar-refractivity contribution >= 4 is 0 Å². The number of aryl methyl sites for hydroxylation is 6. The molecule has 14 heteroatoms. The average molecular weight is 2600 g/mol. The van der Waals surface area contributed by atoms with Crippen molar-refractivity contribution in [3.8, 4) is 135 Å². The van der Waals surface area contributed by atoms with Gasteiger partial charge >= 0.3 is 0 Å². The van der Waals surface area contributed by atoms with Gasteiger partial charge in [0.25, 0.3) is 0 Å². The van der Waals surface area contributed by atoms with Crippen molar-refractivity contribution in [3.63, 3.8) is 0 Å². The van der Waals surface area contributed by atoms with Crippen LogP contribution in [-0.2, 0) is 153 Å². The summed E-state index contributed by atoms with van der Waals surface area (Å²) >= 11 is 0. The van der Waals surface area contributed by atoms with Gasteiger partial charge in [0.1, 0.15) is 0 Å². The first-order chi connectivity index (χ1) is 69.3. The Morgan fingerprint density at radius 3 is 0.877 bits per heavy atom. The van der Waals surface area contributed by atoms with Crippen LogP contribution in [0.4, 0.5) is 0 Å². The van der Waals surface area contributed by atoms with E-state index in [0.29, 0.717) is 0 Å². The minimum Gasteiger partial charge on any atom is -0.305 e. The predicted molar refractivity (Wildman–Crippen MR) is 573 cm³/mol. The van der Waals surface area contributed by atoms with E-state index in [1.165, 1.54) is 139 Å². The molecule has 10 nitrogen and oxygen atoms in total. The largest absolute Gasteiger partial charge is 0.305 e. The molecule has 0 fully saturated rings. The van der Waals surface area contributed by atoms with Crippen LogP contribution in [0.3, 0.4) is 0 Å². The number of pyridine rings is 10. The molecule has 4 radical (unpaired) electrons. The number of hydrogen-bond acceptors (Lipinski definition) is 10. The SMILES string of the molecule is CC1(C)c2cccc3c2-c2c(c[c-]c(-c4ccccn4)c2C3)C1(C)C.Cc1cc2c3c(n1)Cc1c(-c4ccccn4)[c-]cc(c1-3)C(C)(C)C2(C)C.Cc1cc2c3c(n1)Cc1c(-c4ccccn4)[c-]cc(c1-3)CC2.[Ir].[Ir].[Ir].[Ir].[c-]1cc2c3c(c1-c1ccccn1)Cc1cccc(c1-3)CC2.[c-]1ccccc1-c1ccccn1.[c-]1ccccc1-c1ccccn1.[c-]1ccccc1-c1ccccn1.[c-]1ccccc1-c1ccccn1. The quantitative estimate of drug-likeness (QED) is 0.136. The Balaban J connectivity index is 0.000000116. The smallest absolute Gasteiger partial charge is 0.0428 e. The topological polar surface area (TPSA) is 129 Å². The molecule has 10 aromatic heterocycles. The van der Waals surface area contributed by atoms with Crippen molar-refractivity contribution in [1.29, 1.82) is 0 Å². The molecule has 8 aliphatic rings. The molecular formula is C132H106Ir4N10-8. The minimum atomic E-state index is 0. The van der Waals surface area contributed by atoms with Gasteiger partial charge in [-0.15, -0.1) is 259 Å². The summed E-state index contributed by atoms with van der Waals surface area (Å²) in [6.45, 7) is 23.2. The van der Waals surface area contributed by atoms with Gasteiger partial charge in [0.2, 0.25) is 0 Å². The van der Waals surface area contributed by atoms with Crippen molar-refractivity contribution in [2.24, 2.45) is 0 Å². The molecule has 0 N–H and O–H groups in total. The standard InChI is InChI=1S/C24H23N2.C24H22N.C20H15N2.C20H14N.4C11H8N.4Ir/c1-14-12-18-22-20(26-14)13-16-15(19-8-6-7-11-25-19)9-10-17(21(16)22)23(2,3)24(18,4)5;1-23(2)18-9-7-8-15-14-17-16(20-10-5-6-13-25-20)11-12-19(24(23,3)4)22(17)21(15)18;1-12-10-14-6-5-13-7-8-15(17-4-2-3-9-21-17)16-11-18(22-12)20(14)19(13)16;1-2-11-21-18(6-1)16-10-9-14-8-7-13-4-3-5-15-12-17(16)20(14)19(13)15;4*1-2-6-10(7-3-1)11-8-4-5-9-12-11;;;;/h6-8,10-12H,13H2,1-5H3;5-10,12-13H,14H2,1-4H3;2-4,7,9-10H,5-6,11H2,1H3;1-6,9,11H,7-8,12H2;4*1-6,8-9H;;;;/q8*-1;;;;. The van der Waals surface area contributed by atoms with Gasteiger partial charge in [-0.05, 0) is 236 Å². The van der Waals surface area contributed by atoms with E-state index in [1.807, 2.05) is 231 Å². The van der Waals surface area contributed by atoms with E-state index < -0.39 is 0 Å². The van der Waals surface area contributed by atoms with Gasteiger partial charge in [0.15, 0.2) is 0 Å². The van der Waals surface area contributed by atoms with Gasteiger partial charge in [0, 0.05) is 153 Å². The summed E-state index contributed by atoms with van der Waals surface area (Å²) in [4.78, 5) is 44.8. The minimum absolute atomic E-state index is 0. The maximum Gasteiger partial charge on any atom is 0.0428 e. The number of hydrogen-bond donors (Lipinski definition) is 0. The molecule has 28 rings (SSSR count). The van der Waals surface area contributed by atoms with Gasteiger partial charge in [-0.1, -0.05) is 224 Å². The van der Waals surface area contributed by atoms with Gasteiger partial charge in [-0.3, -0.25) is 9.97 Å². The fourth-order valence-corrected chi connectivity index (χ4v) is 21.6. The zero-order chi connectivity index (χ0) is 97.1. The van der Waals surface area contributed by atoms with E-state index in [9.17, 15) is 0 Å². The van der Waals surface area contributed by atoms with Crippen LogP contribution in [0.5, 0.6) is 0 Å². The summed E-state index contributed by atoms with van der Waals surface area (Å²) in [5.41, 5.74) is 53.2. The Labute approximate surface area is 913 Å². The normalized spacial score (nSPS) is 13.6. The zero-order valence-electron chi connectivity index (χ0n) is 83.1. The first kappa shape index (κ1) is 104. The Kier molecular flexibility index (Phi) is 32.0. The van der Waals surface area contributed by atoms with Crippen molar-refractivity contribution < 1.29 is 80.4 Å². The Bertz CT molecular complexity index is 7520. The van der Waals surface area contributed by atoms with Crippen LogP contribution in [0.15, 0.2) is 365 Å². The van der Waals surface area contributed by atoms with Crippen LogP contribution in [0, 0.1) is 62.4 Å². The molecule has 0 spiro atoms. The van der Waals surface area contributed by atoms with Crippen LogP contribution < -0.4 is 0 Å². The van der Waals surface area contributed by atoms with E-state index in [4.69, 9.17) is 9.97 Å². The van der Waals surface area contributed by atoms with E-state index in [0.717, 1.165) is 147 Å². The third-order valence-electron chi connectivity index (χ3n) is 29.9. The van der Waals surface area contributed by atoms with E-state index in [-0.39, 0.29) is 102 Å². The molecule has 0 atom stereocenters. The molecule has 8 aliphatic carbocycles. The number of benzene rings is 10. The Morgan fingerprint density at radius 1 is 0.212 bits per heavy atom. The molecule has 0 saturated heterocycles. The molecule has 10 heterocycles. The summed E-state index contributed by atoms with van der Waals surface area (Å²) in [5, 5.41) is 0. The summed E-state index contributed by atoms with van der Waals surface area (Å²) in [5.74, 6) is 0. The maximum atomic E-state index is 4.92. The van der Waals surface area contributed by atoms with Gasteiger partial charge in [0.05, 0.1) is 0 Å². The van der Waals surface area contributed by atoms with Crippen LogP contribution in [0.2, 0.25) is 0 Å². The molecule has 728 valence electrons. The fraction of sp³-hybridized carbons (Fsp3) is 0.167. The van der Waals surface area contributed by atoms with Crippen LogP contribution in [0.25, 0.3) is 135 Å². The van der Waals surface area contributed by atoms with Crippen LogP contribution in [-0.4, -0.2) is 49.8 Å². The second-order valence-electron chi connectivity index (χ2n) is 39.1. The number of rotatable bonds is 8. The molecule has 0 bridgehead atoms. The molecule has 10 aromatic carbocycles.